The van der Waals surface area contributed by atoms with Gasteiger partial charge in [0.25, 0.3) is 6.43 Å². The van der Waals surface area contributed by atoms with Crippen LogP contribution in [-0.2, 0) is 0 Å². The second-order valence-corrected chi connectivity index (χ2v) is 7.60. The Morgan fingerprint density at radius 3 is 2.35 bits per heavy atom. The van der Waals surface area contributed by atoms with Crippen LogP contribution in [0, 0.1) is 0 Å². The third-order valence-corrected chi connectivity index (χ3v) is 5.58. The highest BCUT2D eigenvalue weighted by molar-refractivity contribution is 5.87. The van der Waals surface area contributed by atoms with E-state index in [1.165, 1.54) is 6.07 Å². The summed E-state index contributed by atoms with van der Waals surface area (Å²) in [6.07, 6.45) is -0.731. The average molecular weight is 421 g/mol. The van der Waals surface area contributed by atoms with Crippen LogP contribution in [0.2, 0.25) is 0 Å². The van der Waals surface area contributed by atoms with Gasteiger partial charge in [0.2, 0.25) is 0 Å². The zero-order valence-electron chi connectivity index (χ0n) is 17.2. The molecule has 1 saturated carbocycles. The molecule has 0 bridgehead atoms. The van der Waals surface area contributed by atoms with E-state index in [-0.39, 0.29) is 11.5 Å². The normalized spacial score (nSPS) is 13.7. The van der Waals surface area contributed by atoms with Gasteiger partial charge in [-0.2, -0.15) is 5.10 Å². The summed E-state index contributed by atoms with van der Waals surface area (Å²) in [5, 5.41) is 5.20. The number of aromatic nitrogens is 3. The van der Waals surface area contributed by atoms with E-state index in [0.717, 1.165) is 18.5 Å². The highest BCUT2D eigenvalue weighted by Gasteiger charge is 2.33. The van der Waals surface area contributed by atoms with E-state index in [2.05, 4.69) is 0 Å². The second kappa shape index (κ2) is 7.65. The van der Waals surface area contributed by atoms with Gasteiger partial charge < -0.3 is 9.47 Å². The van der Waals surface area contributed by atoms with Gasteiger partial charge in [-0.05, 0) is 55.3 Å². The maximum atomic E-state index is 14.2. The maximum Gasteiger partial charge on any atom is 0.264 e. The number of benzene rings is 2. The zero-order valence-corrected chi connectivity index (χ0v) is 17.2. The van der Waals surface area contributed by atoms with Crippen molar-refractivity contribution in [3.63, 3.8) is 0 Å². The molecule has 4 aromatic rings. The SMILES string of the molecule is COc1ccc(-n2nc(C3CC3)c3c(C(F)F)cc(-c4cccc(OC)c4)nc32)cc1. The van der Waals surface area contributed by atoms with Crippen molar-refractivity contribution in [2.45, 2.75) is 25.2 Å². The highest BCUT2D eigenvalue weighted by atomic mass is 19.3. The lowest BCUT2D eigenvalue weighted by atomic mass is 10.0. The predicted molar refractivity (Wildman–Crippen MR) is 114 cm³/mol. The summed E-state index contributed by atoms with van der Waals surface area (Å²) in [4.78, 5) is 4.79. The molecule has 158 valence electrons. The molecule has 2 aromatic carbocycles. The lowest BCUT2D eigenvalue weighted by Gasteiger charge is -2.10. The van der Waals surface area contributed by atoms with Crippen LogP contribution in [0.3, 0.4) is 0 Å². The van der Waals surface area contributed by atoms with Gasteiger partial charge in [0, 0.05) is 17.0 Å². The van der Waals surface area contributed by atoms with Crippen LogP contribution in [0.5, 0.6) is 11.5 Å². The Labute approximate surface area is 178 Å². The Morgan fingerprint density at radius 1 is 0.968 bits per heavy atom. The monoisotopic (exact) mass is 421 g/mol. The van der Waals surface area contributed by atoms with Gasteiger partial charge >= 0.3 is 0 Å². The summed E-state index contributed by atoms with van der Waals surface area (Å²) < 4.78 is 40.6. The van der Waals surface area contributed by atoms with E-state index in [4.69, 9.17) is 19.6 Å². The van der Waals surface area contributed by atoms with E-state index in [0.29, 0.717) is 39.5 Å². The van der Waals surface area contributed by atoms with Gasteiger partial charge in [0.1, 0.15) is 11.5 Å². The molecule has 5 rings (SSSR count). The molecular formula is C24H21F2N3O2. The Kier molecular flexibility index (Phi) is 4.81. The first-order valence-corrected chi connectivity index (χ1v) is 10.1. The zero-order chi connectivity index (χ0) is 21.5. The number of ether oxygens (including phenoxy) is 2. The lowest BCUT2D eigenvalue weighted by Crippen LogP contribution is -2.00. The third kappa shape index (κ3) is 3.50. The van der Waals surface area contributed by atoms with Crippen LogP contribution >= 0.6 is 0 Å². The summed E-state index contributed by atoms with van der Waals surface area (Å²) in [5.74, 6) is 1.55. The van der Waals surface area contributed by atoms with E-state index in [9.17, 15) is 8.78 Å². The molecule has 0 spiro atoms. The molecule has 5 nitrogen and oxygen atoms in total. The summed E-state index contributed by atoms with van der Waals surface area (Å²) in [6, 6.07) is 16.1. The first kappa shape index (κ1) is 19.5. The number of halogens is 2. The Bertz CT molecular complexity index is 1250. The predicted octanol–water partition coefficient (Wildman–Crippen LogP) is 5.92. The van der Waals surface area contributed by atoms with Crippen molar-refractivity contribution in [2.75, 3.05) is 14.2 Å². The quantitative estimate of drug-likeness (QED) is 0.388. The third-order valence-electron chi connectivity index (χ3n) is 5.58. The minimum Gasteiger partial charge on any atom is -0.497 e. The minimum atomic E-state index is -2.64. The molecule has 0 saturated heterocycles. The molecule has 1 fully saturated rings. The molecule has 7 heteroatoms. The number of alkyl halides is 2. The average Bonchev–Trinajstić information content (AvgIpc) is 3.58. The van der Waals surface area contributed by atoms with Gasteiger partial charge in [-0.15, -0.1) is 0 Å². The van der Waals surface area contributed by atoms with Crippen LogP contribution < -0.4 is 9.47 Å². The maximum absolute atomic E-state index is 14.2. The summed E-state index contributed by atoms with van der Waals surface area (Å²) >= 11 is 0. The van der Waals surface area contributed by atoms with Crippen molar-refractivity contribution in [1.82, 2.24) is 14.8 Å². The molecular weight excluding hydrogens is 400 g/mol. The fourth-order valence-corrected chi connectivity index (χ4v) is 3.82. The first-order chi connectivity index (χ1) is 15.1. The van der Waals surface area contributed by atoms with Crippen LogP contribution in [0.1, 0.15) is 36.4 Å². The van der Waals surface area contributed by atoms with Crippen molar-refractivity contribution < 1.29 is 18.3 Å². The van der Waals surface area contributed by atoms with E-state index >= 15 is 0 Å². The standard InChI is InChI=1S/C24H21F2N3O2/c1-30-17-10-8-16(9-11-17)29-24-21(22(28-29)14-6-7-14)19(23(25)26)13-20(27-24)15-4-3-5-18(12-15)31-2/h3-5,8-14,23H,6-7H2,1-2H3. The molecule has 0 unspecified atom stereocenters. The highest BCUT2D eigenvalue weighted by Crippen LogP contribution is 2.45. The number of hydrogen-bond donors (Lipinski definition) is 0. The summed E-state index contributed by atoms with van der Waals surface area (Å²) in [6.45, 7) is 0. The molecule has 2 heterocycles. The number of fused-ring (bicyclic) bond motifs is 1. The van der Waals surface area contributed by atoms with Crippen LogP contribution in [0.15, 0.2) is 54.6 Å². The molecule has 1 aliphatic carbocycles. The van der Waals surface area contributed by atoms with Gasteiger partial charge in [0.05, 0.1) is 36.7 Å². The largest absolute Gasteiger partial charge is 0.497 e. The summed E-state index contributed by atoms with van der Waals surface area (Å²) in [5.41, 5.74) is 3.00. The van der Waals surface area contributed by atoms with E-state index in [1.54, 1.807) is 25.0 Å². The Hall–Kier alpha value is -3.48. The number of hydrogen-bond acceptors (Lipinski definition) is 4. The molecule has 31 heavy (non-hydrogen) atoms. The van der Waals surface area contributed by atoms with Crippen molar-refractivity contribution in [1.29, 1.82) is 0 Å². The molecule has 0 N–H and O–H groups in total. The fourth-order valence-electron chi connectivity index (χ4n) is 3.82. The van der Waals surface area contributed by atoms with Crippen molar-refractivity contribution in [3.8, 4) is 28.4 Å². The molecule has 0 amide bonds. The van der Waals surface area contributed by atoms with Crippen LogP contribution in [0.25, 0.3) is 28.0 Å². The van der Waals surface area contributed by atoms with E-state index in [1.807, 2.05) is 42.5 Å². The molecule has 0 atom stereocenters. The fraction of sp³-hybridized carbons (Fsp3) is 0.250. The number of methoxy groups -OCH3 is 2. The molecule has 1 aliphatic rings. The van der Waals surface area contributed by atoms with Gasteiger partial charge in [-0.25, -0.2) is 18.4 Å². The molecule has 0 aliphatic heterocycles. The molecule has 2 aromatic heterocycles. The Balaban J connectivity index is 1.77. The van der Waals surface area contributed by atoms with Gasteiger partial charge in [-0.1, -0.05) is 12.1 Å². The Morgan fingerprint density at radius 2 is 1.71 bits per heavy atom. The topological polar surface area (TPSA) is 49.2 Å². The van der Waals surface area contributed by atoms with Crippen LogP contribution in [0.4, 0.5) is 8.78 Å². The number of nitrogens with zero attached hydrogens (tertiary/aromatic N) is 3. The minimum absolute atomic E-state index is 0.0375. The van der Waals surface area contributed by atoms with Gasteiger partial charge in [0.15, 0.2) is 5.65 Å². The van der Waals surface area contributed by atoms with Crippen molar-refractivity contribution in [3.05, 3.63) is 65.9 Å². The number of pyridine rings is 1. The van der Waals surface area contributed by atoms with Crippen LogP contribution in [-0.4, -0.2) is 29.0 Å². The first-order valence-electron chi connectivity index (χ1n) is 10.1. The summed E-state index contributed by atoms with van der Waals surface area (Å²) in [7, 11) is 3.17. The van der Waals surface area contributed by atoms with Crippen molar-refractivity contribution in [2.24, 2.45) is 0 Å². The van der Waals surface area contributed by atoms with E-state index < -0.39 is 6.43 Å². The van der Waals surface area contributed by atoms with Gasteiger partial charge in [-0.3, -0.25) is 0 Å². The van der Waals surface area contributed by atoms with Crippen molar-refractivity contribution >= 4 is 11.0 Å². The lowest BCUT2D eigenvalue weighted by molar-refractivity contribution is 0.153. The second-order valence-electron chi connectivity index (χ2n) is 7.60. The smallest absolute Gasteiger partial charge is 0.264 e. The molecule has 0 radical (unpaired) electrons. The number of rotatable bonds is 6.